The molecule has 6 nitrogen and oxygen atoms in total. The molecular formula is C20H12ClF4N5OS. The molecule has 0 bridgehead atoms. The Morgan fingerprint density at radius 1 is 1.09 bits per heavy atom. The third kappa shape index (κ3) is 4.83. The number of carbonyl (C=O) groups excluding carboxylic acids is 1. The minimum absolute atomic E-state index is 0.0138. The van der Waals surface area contributed by atoms with E-state index in [-0.39, 0.29) is 16.5 Å². The molecule has 0 fully saturated rings. The highest BCUT2D eigenvalue weighted by atomic mass is 35.5. The second kappa shape index (κ2) is 8.75. The first-order chi connectivity index (χ1) is 15.2. The predicted octanol–water partition coefficient (Wildman–Crippen LogP) is 5.33. The molecule has 0 aliphatic rings. The van der Waals surface area contributed by atoms with Crippen LogP contribution in [0.25, 0.3) is 17.0 Å². The maximum absolute atomic E-state index is 13.5. The van der Waals surface area contributed by atoms with Crippen LogP contribution in [0.4, 0.5) is 23.2 Å². The number of anilines is 1. The Morgan fingerprint density at radius 3 is 2.66 bits per heavy atom. The lowest BCUT2D eigenvalue weighted by Crippen LogP contribution is -2.15. The summed E-state index contributed by atoms with van der Waals surface area (Å²) in [6.45, 7) is 0. The summed E-state index contributed by atoms with van der Waals surface area (Å²) >= 11 is 6.95. The normalized spacial score (nSPS) is 11.7. The molecule has 0 spiro atoms. The number of thioether (sulfide) groups is 1. The number of carbonyl (C=O) groups is 1. The number of aromatic nitrogens is 4. The number of fused-ring (bicyclic) bond motifs is 1. The average molecular weight is 482 g/mol. The van der Waals surface area contributed by atoms with E-state index in [0.717, 1.165) is 30.0 Å². The molecule has 32 heavy (non-hydrogen) atoms. The highest BCUT2D eigenvalue weighted by Gasteiger charge is 2.31. The third-order valence-corrected chi connectivity index (χ3v) is 5.49. The fraction of sp³-hybridized carbons (Fsp3) is 0.100. The van der Waals surface area contributed by atoms with Crippen molar-refractivity contribution in [2.24, 2.45) is 0 Å². The van der Waals surface area contributed by atoms with E-state index in [1.807, 2.05) is 0 Å². The van der Waals surface area contributed by atoms with Gasteiger partial charge in [-0.15, -0.1) is 10.2 Å². The van der Waals surface area contributed by atoms with E-state index >= 15 is 0 Å². The molecule has 2 aromatic carbocycles. The van der Waals surface area contributed by atoms with Crippen LogP contribution in [-0.4, -0.2) is 31.5 Å². The molecule has 0 radical (unpaired) electrons. The summed E-state index contributed by atoms with van der Waals surface area (Å²) in [4.78, 5) is 12.3. The van der Waals surface area contributed by atoms with Gasteiger partial charge in [-0.2, -0.15) is 22.8 Å². The Balaban J connectivity index is 1.49. The Hall–Kier alpha value is -3.18. The van der Waals surface area contributed by atoms with Crippen molar-refractivity contribution >= 4 is 40.6 Å². The molecule has 12 heteroatoms. The summed E-state index contributed by atoms with van der Waals surface area (Å²) in [7, 11) is 0. The first kappa shape index (κ1) is 22.0. The van der Waals surface area contributed by atoms with Gasteiger partial charge in [0, 0.05) is 5.56 Å². The van der Waals surface area contributed by atoms with Crippen LogP contribution in [0.3, 0.4) is 0 Å². The van der Waals surface area contributed by atoms with E-state index in [1.165, 1.54) is 22.7 Å². The zero-order chi connectivity index (χ0) is 22.9. The number of halogens is 5. The molecule has 1 amide bonds. The minimum Gasteiger partial charge on any atom is -0.324 e. The first-order valence-corrected chi connectivity index (χ1v) is 10.3. The van der Waals surface area contributed by atoms with Gasteiger partial charge in [-0.25, -0.2) is 4.39 Å². The van der Waals surface area contributed by atoms with E-state index in [4.69, 9.17) is 11.6 Å². The van der Waals surface area contributed by atoms with E-state index in [1.54, 1.807) is 18.2 Å². The van der Waals surface area contributed by atoms with Crippen molar-refractivity contribution in [2.75, 3.05) is 11.1 Å². The maximum Gasteiger partial charge on any atom is 0.416 e. The number of alkyl halides is 3. The van der Waals surface area contributed by atoms with E-state index in [0.29, 0.717) is 22.1 Å². The maximum atomic E-state index is 13.5. The Labute approximate surface area is 187 Å². The van der Waals surface area contributed by atoms with Gasteiger partial charge in [0.2, 0.25) is 5.91 Å². The summed E-state index contributed by atoms with van der Waals surface area (Å²) in [5, 5.41) is 15.2. The summed E-state index contributed by atoms with van der Waals surface area (Å²) in [5.41, 5.74) is -0.157. The molecule has 4 rings (SSSR count). The van der Waals surface area contributed by atoms with E-state index < -0.39 is 23.5 Å². The molecule has 2 heterocycles. The van der Waals surface area contributed by atoms with E-state index in [2.05, 4.69) is 20.6 Å². The average Bonchev–Trinajstić information content (AvgIpc) is 3.16. The SMILES string of the molecule is O=C(CSc1ccc2nnc(-c3cccc(F)c3)n2n1)Nc1cc(C(F)(F)F)ccc1Cl. The second-order valence-electron chi connectivity index (χ2n) is 6.50. The summed E-state index contributed by atoms with van der Waals surface area (Å²) < 4.78 is 53.6. The van der Waals surface area contributed by atoms with Gasteiger partial charge in [0.25, 0.3) is 0 Å². The summed E-state index contributed by atoms with van der Waals surface area (Å²) in [6.07, 6.45) is -4.56. The molecule has 1 N–H and O–H groups in total. The molecule has 2 aromatic heterocycles. The zero-order valence-electron chi connectivity index (χ0n) is 15.9. The van der Waals surface area contributed by atoms with Crippen LogP contribution in [0.15, 0.2) is 59.6 Å². The van der Waals surface area contributed by atoms with Gasteiger partial charge >= 0.3 is 6.18 Å². The second-order valence-corrected chi connectivity index (χ2v) is 7.91. The van der Waals surface area contributed by atoms with Crippen molar-refractivity contribution in [1.82, 2.24) is 19.8 Å². The predicted molar refractivity (Wildman–Crippen MR) is 112 cm³/mol. The molecule has 0 aliphatic heterocycles. The molecule has 0 unspecified atom stereocenters. The molecule has 0 saturated heterocycles. The molecule has 0 atom stereocenters. The fourth-order valence-electron chi connectivity index (χ4n) is 2.78. The smallest absolute Gasteiger partial charge is 0.324 e. The van der Waals surface area contributed by atoms with Crippen LogP contribution >= 0.6 is 23.4 Å². The quantitative estimate of drug-likeness (QED) is 0.308. The van der Waals surface area contributed by atoms with Crippen molar-refractivity contribution in [3.63, 3.8) is 0 Å². The van der Waals surface area contributed by atoms with Crippen molar-refractivity contribution in [3.05, 3.63) is 71.0 Å². The lowest BCUT2D eigenvalue weighted by atomic mass is 10.2. The van der Waals surface area contributed by atoms with Crippen LogP contribution in [0, 0.1) is 5.82 Å². The minimum atomic E-state index is -4.56. The molecule has 0 saturated carbocycles. The number of rotatable bonds is 5. The number of amides is 1. The van der Waals surface area contributed by atoms with Crippen LogP contribution in [0.5, 0.6) is 0 Å². The summed E-state index contributed by atoms with van der Waals surface area (Å²) in [5.74, 6) is -0.813. The molecule has 0 aliphatic carbocycles. The van der Waals surface area contributed by atoms with Crippen LogP contribution in [0.2, 0.25) is 5.02 Å². The van der Waals surface area contributed by atoms with Crippen molar-refractivity contribution < 1.29 is 22.4 Å². The lowest BCUT2D eigenvalue weighted by molar-refractivity contribution is -0.137. The Morgan fingerprint density at radius 2 is 1.91 bits per heavy atom. The van der Waals surface area contributed by atoms with Gasteiger partial charge < -0.3 is 5.32 Å². The monoisotopic (exact) mass is 481 g/mol. The number of benzene rings is 2. The first-order valence-electron chi connectivity index (χ1n) is 8.98. The fourth-order valence-corrected chi connectivity index (χ4v) is 3.60. The van der Waals surface area contributed by atoms with Gasteiger partial charge in [0.1, 0.15) is 10.8 Å². The van der Waals surface area contributed by atoms with E-state index in [9.17, 15) is 22.4 Å². The summed E-state index contributed by atoms with van der Waals surface area (Å²) in [6, 6.07) is 11.7. The van der Waals surface area contributed by atoms with Gasteiger partial charge in [0.15, 0.2) is 11.5 Å². The van der Waals surface area contributed by atoms with Crippen LogP contribution in [0.1, 0.15) is 5.56 Å². The standard InChI is InChI=1S/C20H12ClF4N5OS/c21-14-5-4-12(20(23,24)25)9-15(14)26-17(31)10-32-18-7-6-16-27-28-19(30(16)29-18)11-2-1-3-13(22)8-11/h1-9H,10H2,(H,26,31). The van der Waals surface area contributed by atoms with Crippen molar-refractivity contribution in [2.45, 2.75) is 11.2 Å². The Kier molecular flexibility index (Phi) is 6.02. The van der Waals surface area contributed by atoms with Crippen molar-refractivity contribution in [3.8, 4) is 11.4 Å². The van der Waals surface area contributed by atoms with Gasteiger partial charge in [-0.1, -0.05) is 35.5 Å². The number of hydrogen-bond acceptors (Lipinski definition) is 5. The topological polar surface area (TPSA) is 72.2 Å². The van der Waals surface area contributed by atoms with Gasteiger partial charge in [-0.05, 0) is 42.5 Å². The highest BCUT2D eigenvalue weighted by Crippen LogP contribution is 2.34. The van der Waals surface area contributed by atoms with Crippen molar-refractivity contribution in [1.29, 1.82) is 0 Å². The van der Waals surface area contributed by atoms with Crippen LogP contribution in [-0.2, 0) is 11.0 Å². The largest absolute Gasteiger partial charge is 0.416 e. The Bertz CT molecular complexity index is 1310. The molecular weight excluding hydrogens is 470 g/mol. The van der Waals surface area contributed by atoms with Gasteiger partial charge in [-0.3, -0.25) is 4.79 Å². The third-order valence-electron chi connectivity index (χ3n) is 4.24. The lowest BCUT2D eigenvalue weighted by Gasteiger charge is -2.11. The molecule has 4 aromatic rings. The number of nitrogens with one attached hydrogen (secondary N) is 1. The zero-order valence-corrected chi connectivity index (χ0v) is 17.5. The van der Waals surface area contributed by atoms with Crippen LogP contribution < -0.4 is 5.32 Å². The number of hydrogen-bond donors (Lipinski definition) is 1. The molecule has 164 valence electrons. The van der Waals surface area contributed by atoms with Gasteiger partial charge in [0.05, 0.1) is 22.0 Å². The number of nitrogens with zero attached hydrogens (tertiary/aromatic N) is 4. The highest BCUT2D eigenvalue weighted by molar-refractivity contribution is 7.99.